The van der Waals surface area contributed by atoms with Crippen LogP contribution in [-0.2, 0) is 11.2 Å². The fraction of sp³-hybridized carbons (Fsp3) is 0.179. The van der Waals surface area contributed by atoms with Gasteiger partial charge >= 0.3 is 6.36 Å². The summed E-state index contributed by atoms with van der Waals surface area (Å²) in [5, 5.41) is 5.03. The molecule has 40 heavy (non-hydrogen) atoms. The molecule has 204 valence electrons. The van der Waals surface area contributed by atoms with Crippen LogP contribution < -0.4 is 9.64 Å². The number of amidine groups is 1. The number of amides is 1. The van der Waals surface area contributed by atoms with E-state index in [1.807, 2.05) is 55.5 Å². The highest BCUT2D eigenvalue weighted by Crippen LogP contribution is 2.29. The van der Waals surface area contributed by atoms with Crippen molar-refractivity contribution in [2.24, 2.45) is 4.99 Å². The number of aromatic nitrogens is 3. The molecule has 0 bridgehead atoms. The molecule has 0 atom stereocenters. The third kappa shape index (κ3) is 6.57. The molecule has 3 aromatic carbocycles. The van der Waals surface area contributed by atoms with Gasteiger partial charge in [0.15, 0.2) is 11.0 Å². The molecule has 7 nitrogen and oxygen atoms in total. The predicted molar refractivity (Wildman–Crippen MR) is 153 cm³/mol. The summed E-state index contributed by atoms with van der Waals surface area (Å²) in [6.45, 7) is 1.96. The minimum atomic E-state index is -4.75. The smallest absolute Gasteiger partial charge is 0.406 e. The number of thiocarbonyl (C=S) groups is 1. The zero-order valence-corrected chi connectivity index (χ0v) is 22.8. The van der Waals surface area contributed by atoms with Crippen LogP contribution in [0.4, 0.5) is 18.9 Å². The molecule has 1 aromatic heterocycles. The monoisotopic (exact) mass is 581 g/mol. The van der Waals surface area contributed by atoms with Gasteiger partial charge in [0.1, 0.15) is 17.1 Å². The van der Waals surface area contributed by atoms with Crippen molar-refractivity contribution >= 4 is 45.7 Å². The van der Waals surface area contributed by atoms with Crippen LogP contribution in [-0.4, -0.2) is 42.9 Å². The van der Waals surface area contributed by atoms with Crippen molar-refractivity contribution < 1.29 is 22.7 Å². The molecule has 0 radical (unpaired) electrons. The number of hydrogen-bond acceptors (Lipinski definition) is 6. The van der Waals surface area contributed by atoms with Gasteiger partial charge in [-0.15, -0.1) is 18.3 Å². The van der Waals surface area contributed by atoms with Gasteiger partial charge in [-0.3, -0.25) is 9.69 Å². The van der Waals surface area contributed by atoms with Crippen molar-refractivity contribution in [2.45, 2.75) is 26.1 Å². The summed E-state index contributed by atoms with van der Waals surface area (Å²) in [6.07, 6.45) is -2.03. The maximum Gasteiger partial charge on any atom is 0.573 e. The topological polar surface area (TPSA) is 72.6 Å². The van der Waals surface area contributed by atoms with Crippen molar-refractivity contribution in [3.63, 3.8) is 0 Å². The van der Waals surface area contributed by atoms with Crippen LogP contribution >= 0.6 is 24.0 Å². The van der Waals surface area contributed by atoms with E-state index in [-0.39, 0.29) is 11.7 Å². The Morgan fingerprint density at radius 3 is 2.50 bits per heavy atom. The van der Waals surface area contributed by atoms with Gasteiger partial charge in [-0.05, 0) is 54.8 Å². The lowest BCUT2D eigenvalue weighted by atomic mass is 10.1. The maximum absolute atomic E-state index is 12.5. The first-order valence-corrected chi connectivity index (χ1v) is 13.6. The number of aliphatic imine (C=N–C) groups is 1. The standard InChI is InChI=1S/C28H22F3N5O2S2/c1-18-4-2-3-5-23(18)36-25(37)16-40-27(36)33-24(39)15-8-19-6-9-20(10-7-19)26-32-17-35(34-26)21-11-13-22(14-12-21)38-28(29,30)31/h2-7,9-14,17H,8,15-16H2,1H3. The molecule has 12 heteroatoms. The molecular weight excluding hydrogens is 559 g/mol. The first-order chi connectivity index (χ1) is 19.2. The number of rotatable bonds is 7. The lowest BCUT2D eigenvalue weighted by molar-refractivity contribution is -0.274. The SMILES string of the molecule is Cc1ccccc1N1C(=O)CSC1=NC(=S)CCc1ccc(-c2ncn(-c3ccc(OC(F)(F)F)cc3)n2)cc1. The second-order valence-electron chi connectivity index (χ2n) is 8.84. The van der Waals surface area contributed by atoms with Crippen LogP contribution in [0.1, 0.15) is 17.5 Å². The van der Waals surface area contributed by atoms with E-state index in [1.165, 1.54) is 47.0 Å². The highest BCUT2D eigenvalue weighted by atomic mass is 32.2. The van der Waals surface area contributed by atoms with Crippen molar-refractivity contribution in [3.05, 3.63) is 90.3 Å². The van der Waals surface area contributed by atoms with Gasteiger partial charge in [-0.1, -0.05) is 66.4 Å². The van der Waals surface area contributed by atoms with Gasteiger partial charge < -0.3 is 4.74 Å². The molecule has 0 N–H and O–H groups in total. The molecule has 1 saturated heterocycles. The fourth-order valence-electron chi connectivity index (χ4n) is 4.05. The van der Waals surface area contributed by atoms with E-state index < -0.39 is 6.36 Å². The summed E-state index contributed by atoms with van der Waals surface area (Å²) in [5.41, 5.74) is 4.19. The zero-order valence-electron chi connectivity index (χ0n) is 21.1. The number of carbonyl (C=O) groups is 1. The number of para-hydroxylation sites is 1. The summed E-state index contributed by atoms with van der Waals surface area (Å²) >= 11 is 6.91. The summed E-state index contributed by atoms with van der Waals surface area (Å²) in [5.74, 6) is 0.485. The summed E-state index contributed by atoms with van der Waals surface area (Å²) < 4.78 is 42.5. The number of halogens is 3. The van der Waals surface area contributed by atoms with E-state index in [2.05, 4.69) is 19.8 Å². The Bertz CT molecular complexity index is 1570. The van der Waals surface area contributed by atoms with Gasteiger partial charge in [0.05, 0.1) is 17.1 Å². The number of benzene rings is 3. The van der Waals surface area contributed by atoms with Crippen LogP contribution in [0.2, 0.25) is 0 Å². The average molecular weight is 582 g/mol. The van der Waals surface area contributed by atoms with Gasteiger partial charge in [0.25, 0.3) is 0 Å². The van der Waals surface area contributed by atoms with Crippen LogP contribution in [0.15, 0.2) is 84.1 Å². The van der Waals surface area contributed by atoms with E-state index in [1.54, 1.807) is 4.90 Å². The molecule has 0 spiro atoms. The van der Waals surface area contributed by atoms with Crippen molar-refractivity contribution in [1.82, 2.24) is 14.8 Å². The van der Waals surface area contributed by atoms with E-state index in [4.69, 9.17) is 12.2 Å². The quantitative estimate of drug-likeness (QED) is 0.231. The van der Waals surface area contributed by atoms with Crippen LogP contribution in [0.3, 0.4) is 0 Å². The first-order valence-electron chi connectivity index (χ1n) is 12.2. The Hall–Kier alpha value is -4.03. The number of ether oxygens (including phenoxy) is 1. The van der Waals surface area contributed by atoms with E-state index in [0.29, 0.717) is 40.3 Å². The molecule has 2 heterocycles. The van der Waals surface area contributed by atoms with Gasteiger partial charge in [0, 0.05) is 12.0 Å². The minimum absolute atomic E-state index is 0.0139. The molecule has 1 aliphatic heterocycles. The molecule has 5 rings (SSSR count). The first kappa shape index (κ1) is 27.5. The van der Waals surface area contributed by atoms with Crippen LogP contribution in [0.25, 0.3) is 17.1 Å². The molecular formula is C28H22F3N5O2S2. The summed E-state index contributed by atoms with van der Waals surface area (Å²) in [6, 6.07) is 20.8. The molecule has 0 aliphatic carbocycles. The van der Waals surface area contributed by atoms with Gasteiger partial charge in [-0.2, -0.15) is 0 Å². The number of thioether (sulfide) groups is 1. The molecule has 1 amide bonds. The Morgan fingerprint density at radius 2 is 1.80 bits per heavy atom. The number of nitrogens with zero attached hydrogens (tertiary/aromatic N) is 5. The lowest BCUT2D eigenvalue weighted by Gasteiger charge is -2.18. The second kappa shape index (κ2) is 11.6. The van der Waals surface area contributed by atoms with Crippen LogP contribution in [0, 0.1) is 6.92 Å². The van der Waals surface area contributed by atoms with Crippen molar-refractivity contribution in [2.75, 3.05) is 10.7 Å². The van der Waals surface area contributed by atoms with Gasteiger partial charge in [0.2, 0.25) is 5.91 Å². The largest absolute Gasteiger partial charge is 0.573 e. The third-order valence-corrected chi connectivity index (χ3v) is 7.23. The molecule has 0 saturated carbocycles. The number of carbonyl (C=O) groups excluding carboxylic acids is 1. The molecule has 4 aromatic rings. The highest BCUT2D eigenvalue weighted by Gasteiger charge is 2.31. The predicted octanol–water partition coefficient (Wildman–Crippen LogP) is 6.54. The second-order valence-corrected chi connectivity index (χ2v) is 10.3. The number of hydrogen-bond donors (Lipinski definition) is 0. The highest BCUT2D eigenvalue weighted by molar-refractivity contribution is 8.15. The fourth-order valence-corrected chi connectivity index (χ4v) is 5.18. The molecule has 1 fully saturated rings. The average Bonchev–Trinajstić information content (AvgIpc) is 3.55. The van der Waals surface area contributed by atoms with Crippen LogP contribution in [0.5, 0.6) is 5.75 Å². The number of aryl methyl sites for hydroxylation is 2. The third-order valence-electron chi connectivity index (χ3n) is 6.01. The summed E-state index contributed by atoms with van der Waals surface area (Å²) in [7, 11) is 0. The Kier molecular flexibility index (Phi) is 7.99. The lowest BCUT2D eigenvalue weighted by Crippen LogP contribution is -2.30. The van der Waals surface area contributed by atoms with E-state index in [9.17, 15) is 18.0 Å². The minimum Gasteiger partial charge on any atom is -0.406 e. The molecule has 0 unspecified atom stereocenters. The van der Waals surface area contributed by atoms with Crippen molar-refractivity contribution in [1.29, 1.82) is 0 Å². The molecule has 1 aliphatic rings. The Morgan fingerprint density at radius 1 is 1.07 bits per heavy atom. The van der Waals surface area contributed by atoms with Crippen molar-refractivity contribution in [3.8, 4) is 22.8 Å². The Labute approximate surface area is 237 Å². The number of anilines is 1. The maximum atomic E-state index is 12.5. The Balaban J connectivity index is 1.20. The normalized spacial score (nSPS) is 14.7. The zero-order chi connectivity index (χ0) is 28.3. The summed E-state index contributed by atoms with van der Waals surface area (Å²) in [4.78, 5) is 23.6. The van der Waals surface area contributed by atoms with E-state index in [0.717, 1.165) is 22.4 Å². The van der Waals surface area contributed by atoms with Gasteiger partial charge in [-0.25, -0.2) is 14.7 Å². The number of alkyl halides is 3. The van der Waals surface area contributed by atoms with E-state index >= 15 is 0 Å².